The summed E-state index contributed by atoms with van der Waals surface area (Å²) in [6.45, 7) is 7.19. The molecule has 1 amide bonds. The first-order valence-electron chi connectivity index (χ1n) is 9.69. The van der Waals surface area contributed by atoms with E-state index in [1.165, 1.54) is 0 Å². The minimum atomic E-state index is 0. The van der Waals surface area contributed by atoms with Gasteiger partial charge in [0.05, 0.1) is 20.3 Å². The van der Waals surface area contributed by atoms with Crippen LogP contribution in [0.2, 0.25) is 0 Å². The number of hydrogen-bond acceptors (Lipinski definition) is 5. The summed E-state index contributed by atoms with van der Waals surface area (Å²) >= 11 is 0. The molecule has 2 aliphatic heterocycles. The first-order valence-corrected chi connectivity index (χ1v) is 9.69. The van der Waals surface area contributed by atoms with E-state index in [-0.39, 0.29) is 18.3 Å². The lowest BCUT2D eigenvalue weighted by molar-refractivity contribution is -0.133. The van der Waals surface area contributed by atoms with Gasteiger partial charge in [0.25, 0.3) is 0 Å². The minimum Gasteiger partial charge on any atom is -0.497 e. The Hall–Kier alpha value is -1.34. The Labute approximate surface area is 168 Å². The summed E-state index contributed by atoms with van der Waals surface area (Å²) in [6.07, 6.45) is 2.35. The van der Waals surface area contributed by atoms with E-state index in [1.54, 1.807) is 7.11 Å². The average molecular weight is 398 g/mol. The predicted molar refractivity (Wildman–Crippen MR) is 109 cm³/mol. The number of ether oxygens (including phenoxy) is 2. The molecule has 3 rings (SSSR count). The Morgan fingerprint density at radius 2 is 2.19 bits per heavy atom. The topological polar surface area (TPSA) is 54.0 Å². The molecule has 2 saturated heterocycles. The first kappa shape index (κ1) is 22.0. The highest BCUT2D eigenvalue weighted by Crippen LogP contribution is 2.16. The molecule has 27 heavy (non-hydrogen) atoms. The monoisotopic (exact) mass is 397 g/mol. The van der Waals surface area contributed by atoms with Crippen molar-refractivity contribution < 1.29 is 14.3 Å². The molecule has 1 N–H and O–H groups in total. The number of methoxy groups -OCH3 is 1. The van der Waals surface area contributed by atoms with Gasteiger partial charge >= 0.3 is 0 Å². The number of carbonyl (C=O) groups is 1. The third-order valence-electron chi connectivity index (χ3n) is 5.32. The van der Waals surface area contributed by atoms with E-state index >= 15 is 0 Å². The van der Waals surface area contributed by atoms with Gasteiger partial charge in [-0.15, -0.1) is 12.4 Å². The summed E-state index contributed by atoms with van der Waals surface area (Å²) in [5.41, 5.74) is 1.15. The summed E-state index contributed by atoms with van der Waals surface area (Å²) in [5.74, 6) is 1.11. The zero-order valence-electron chi connectivity index (χ0n) is 16.2. The van der Waals surface area contributed by atoms with Crippen molar-refractivity contribution in [3.8, 4) is 5.75 Å². The summed E-state index contributed by atoms with van der Waals surface area (Å²) in [4.78, 5) is 17.5. The number of nitrogens with one attached hydrogen (secondary N) is 1. The van der Waals surface area contributed by atoms with Gasteiger partial charge in [-0.05, 0) is 37.1 Å². The SMILES string of the molecule is COc1cccc(CCC(=O)N(CCN2CCOCC2)C2CCNC2)c1.Cl. The molecule has 1 aromatic carbocycles. The van der Waals surface area contributed by atoms with Gasteiger partial charge in [-0.1, -0.05) is 12.1 Å². The molecule has 0 bridgehead atoms. The largest absolute Gasteiger partial charge is 0.497 e. The molecule has 7 heteroatoms. The molecule has 2 fully saturated rings. The Kier molecular flexibility index (Phi) is 9.34. The van der Waals surface area contributed by atoms with Crippen LogP contribution in [0, 0.1) is 0 Å². The highest BCUT2D eigenvalue weighted by Gasteiger charge is 2.26. The number of benzene rings is 1. The molecule has 2 aliphatic rings. The molecule has 0 aliphatic carbocycles. The highest BCUT2D eigenvalue weighted by molar-refractivity contribution is 5.85. The van der Waals surface area contributed by atoms with Gasteiger partial charge in [0, 0.05) is 45.2 Å². The van der Waals surface area contributed by atoms with Crippen molar-refractivity contribution >= 4 is 18.3 Å². The van der Waals surface area contributed by atoms with Crippen LogP contribution in [0.5, 0.6) is 5.75 Å². The van der Waals surface area contributed by atoms with Gasteiger partial charge in [-0.2, -0.15) is 0 Å². The van der Waals surface area contributed by atoms with Crippen LogP contribution in [0.1, 0.15) is 18.4 Å². The quantitative estimate of drug-likeness (QED) is 0.721. The van der Waals surface area contributed by atoms with Crippen molar-refractivity contribution in [1.29, 1.82) is 0 Å². The standard InChI is InChI=1S/C20H31N3O3.ClH/c1-25-19-4-2-3-17(15-19)5-6-20(24)23(18-7-8-21-16-18)10-9-22-11-13-26-14-12-22;/h2-4,15,18,21H,5-14,16H2,1H3;1H. The van der Waals surface area contributed by atoms with Crippen molar-refractivity contribution in [2.45, 2.75) is 25.3 Å². The highest BCUT2D eigenvalue weighted by atomic mass is 35.5. The maximum absolute atomic E-state index is 13.0. The second-order valence-electron chi connectivity index (χ2n) is 7.04. The van der Waals surface area contributed by atoms with E-state index in [0.717, 1.165) is 76.6 Å². The number of halogens is 1. The molecule has 152 valence electrons. The van der Waals surface area contributed by atoms with Crippen molar-refractivity contribution in [3.63, 3.8) is 0 Å². The number of morpholine rings is 1. The zero-order valence-corrected chi connectivity index (χ0v) is 17.0. The van der Waals surface area contributed by atoms with Crippen LogP contribution in [0.25, 0.3) is 0 Å². The molecule has 1 atom stereocenters. The van der Waals surface area contributed by atoms with E-state index < -0.39 is 0 Å². The van der Waals surface area contributed by atoms with Crippen molar-refractivity contribution in [1.82, 2.24) is 15.1 Å². The number of aryl methyl sites for hydroxylation is 1. The van der Waals surface area contributed by atoms with Gasteiger partial charge in [-0.3, -0.25) is 9.69 Å². The van der Waals surface area contributed by atoms with E-state index in [9.17, 15) is 4.79 Å². The van der Waals surface area contributed by atoms with Crippen LogP contribution in [-0.2, 0) is 16.0 Å². The molecule has 0 spiro atoms. The van der Waals surface area contributed by atoms with Gasteiger partial charge < -0.3 is 19.7 Å². The van der Waals surface area contributed by atoms with Crippen LogP contribution in [0.3, 0.4) is 0 Å². The third-order valence-corrected chi connectivity index (χ3v) is 5.32. The fraction of sp³-hybridized carbons (Fsp3) is 0.650. The molecule has 2 heterocycles. The molecular weight excluding hydrogens is 366 g/mol. The first-order chi connectivity index (χ1) is 12.8. The lowest BCUT2D eigenvalue weighted by Gasteiger charge is -2.33. The fourth-order valence-electron chi connectivity index (χ4n) is 3.71. The van der Waals surface area contributed by atoms with Crippen LogP contribution < -0.4 is 10.1 Å². The summed E-state index contributed by atoms with van der Waals surface area (Å²) in [7, 11) is 1.67. The van der Waals surface area contributed by atoms with E-state index in [2.05, 4.69) is 21.2 Å². The third kappa shape index (κ3) is 6.64. The van der Waals surface area contributed by atoms with Crippen molar-refractivity contribution in [2.24, 2.45) is 0 Å². The van der Waals surface area contributed by atoms with Gasteiger partial charge in [0.2, 0.25) is 5.91 Å². The number of amides is 1. The van der Waals surface area contributed by atoms with Crippen LogP contribution in [0.4, 0.5) is 0 Å². The van der Waals surface area contributed by atoms with Crippen molar-refractivity contribution in [2.75, 3.05) is 59.6 Å². The van der Waals surface area contributed by atoms with Crippen LogP contribution >= 0.6 is 12.4 Å². The van der Waals surface area contributed by atoms with Gasteiger partial charge in [-0.25, -0.2) is 0 Å². The Bertz CT molecular complexity index is 575. The molecular formula is C20H32ClN3O3. The molecule has 1 unspecified atom stereocenters. The fourth-order valence-corrected chi connectivity index (χ4v) is 3.71. The Morgan fingerprint density at radius 1 is 1.37 bits per heavy atom. The number of carbonyl (C=O) groups excluding carboxylic acids is 1. The minimum absolute atomic E-state index is 0. The van der Waals surface area contributed by atoms with E-state index in [0.29, 0.717) is 12.5 Å². The van der Waals surface area contributed by atoms with E-state index in [1.807, 2.05) is 18.2 Å². The molecule has 6 nitrogen and oxygen atoms in total. The van der Waals surface area contributed by atoms with Crippen LogP contribution in [-0.4, -0.2) is 81.3 Å². The molecule has 0 radical (unpaired) electrons. The van der Waals surface area contributed by atoms with Gasteiger partial charge in [0.15, 0.2) is 0 Å². The second kappa shape index (κ2) is 11.5. The number of hydrogen-bond donors (Lipinski definition) is 1. The maximum Gasteiger partial charge on any atom is 0.223 e. The molecule has 1 aromatic rings. The predicted octanol–water partition coefficient (Wildman–Crippen LogP) is 1.57. The van der Waals surface area contributed by atoms with Crippen molar-refractivity contribution in [3.05, 3.63) is 29.8 Å². The maximum atomic E-state index is 13.0. The summed E-state index contributed by atoms with van der Waals surface area (Å²) in [6, 6.07) is 8.32. The Balaban J connectivity index is 0.00000261. The molecule has 0 saturated carbocycles. The number of rotatable bonds is 8. The Morgan fingerprint density at radius 3 is 2.89 bits per heavy atom. The summed E-state index contributed by atoms with van der Waals surface area (Å²) in [5, 5.41) is 3.39. The van der Waals surface area contributed by atoms with Gasteiger partial charge in [0.1, 0.15) is 5.75 Å². The van der Waals surface area contributed by atoms with Crippen LogP contribution in [0.15, 0.2) is 24.3 Å². The lowest BCUT2D eigenvalue weighted by atomic mass is 10.1. The average Bonchev–Trinajstić information content (AvgIpc) is 3.22. The zero-order chi connectivity index (χ0) is 18.2. The molecule has 0 aromatic heterocycles. The smallest absolute Gasteiger partial charge is 0.223 e. The summed E-state index contributed by atoms with van der Waals surface area (Å²) < 4.78 is 10.7. The van der Waals surface area contributed by atoms with E-state index in [4.69, 9.17) is 9.47 Å². The second-order valence-corrected chi connectivity index (χ2v) is 7.04. The normalized spacial score (nSPS) is 20.1. The lowest BCUT2D eigenvalue weighted by Crippen LogP contribution is -2.47. The number of nitrogens with zero attached hydrogens (tertiary/aromatic N) is 2.